The number of rotatable bonds is 4. The molecule has 0 radical (unpaired) electrons. The molecule has 0 aliphatic rings. The van der Waals surface area contributed by atoms with Crippen molar-refractivity contribution < 1.29 is 8.42 Å². The molecule has 0 amide bonds. The van der Waals surface area contributed by atoms with Crippen LogP contribution >= 0.6 is 11.6 Å². The molecule has 1 rings (SSSR count). The molecule has 0 aliphatic carbocycles. The monoisotopic (exact) mass is 223 g/mol. The second kappa shape index (κ2) is 4.08. The van der Waals surface area contributed by atoms with Gasteiger partial charge in [0.25, 0.3) is 10.0 Å². The van der Waals surface area contributed by atoms with Crippen molar-refractivity contribution in [2.75, 3.05) is 19.5 Å². The number of alkyl halides is 1. The lowest BCUT2D eigenvalue weighted by Crippen LogP contribution is -2.28. The van der Waals surface area contributed by atoms with E-state index in [1.54, 1.807) is 0 Å². The molecule has 0 atom stereocenters. The number of imidazole rings is 1. The average molecular weight is 224 g/mol. The maximum Gasteiger partial charge on any atom is 0.259 e. The first kappa shape index (κ1) is 10.5. The molecule has 74 valence electrons. The highest BCUT2D eigenvalue weighted by atomic mass is 35.5. The maximum atomic E-state index is 11.6. The Kier molecular flexibility index (Phi) is 3.29. The lowest BCUT2D eigenvalue weighted by molar-refractivity contribution is 0.485. The van der Waals surface area contributed by atoms with Gasteiger partial charge in [-0.3, -0.25) is 0 Å². The zero-order valence-electron chi connectivity index (χ0n) is 7.07. The molecular weight excluding hydrogens is 214 g/mol. The molecule has 1 aromatic heterocycles. The minimum absolute atomic E-state index is 0.0834. The first-order chi connectivity index (χ1) is 6.09. The number of halogens is 1. The van der Waals surface area contributed by atoms with Crippen LogP contribution in [-0.4, -0.2) is 42.2 Å². The van der Waals surface area contributed by atoms with Gasteiger partial charge in [0.05, 0.1) is 12.5 Å². The number of sulfonamides is 1. The lowest BCUT2D eigenvalue weighted by Gasteiger charge is -2.13. The van der Waals surface area contributed by atoms with Crippen LogP contribution in [0.15, 0.2) is 17.6 Å². The smallest absolute Gasteiger partial charge is 0.259 e. The number of hydrogen-bond acceptors (Lipinski definition) is 3. The van der Waals surface area contributed by atoms with Crippen LogP contribution in [0, 0.1) is 0 Å². The van der Waals surface area contributed by atoms with Crippen molar-refractivity contribution in [2.24, 2.45) is 0 Å². The first-order valence-electron chi connectivity index (χ1n) is 3.59. The summed E-state index contributed by atoms with van der Waals surface area (Å²) >= 11 is 5.43. The van der Waals surface area contributed by atoms with E-state index in [2.05, 4.69) is 9.97 Å². The zero-order chi connectivity index (χ0) is 9.90. The molecule has 7 heteroatoms. The van der Waals surface area contributed by atoms with Crippen molar-refractivity contribution in [1.82, 2.24) is 14.3 Å². The zero-order valence-corrected chi connectivity index (χ0v) is 8.64. The number of aromatic nitrogens is 2. The predicted molar refractivity (Wildman–Crippen MR) is 49.1 cm³/mol. The highest BCUT2D eigenvalue weighted by Crippen LogP contribution is 2.09. The van der Waals surface area contributed by atoms with Crippen LogP contribution in [0.5, 0.6) is 0 Å². The number of aromatic amines is 1. The summed E-state index contributed by atoms with van der Waals surface area (Å²) in [4.78, 5) is 6.17. The van der Waals surface area contributed by atoms with Gasteiger partial charge in [0, 0.05) is 19.5 Å². The number of nitrogens with one attached hydrogen (secondary N) is 1. The molecule has 13 heavy (non-hydrogen) atoms. The Labute approximate surface area is 81.8 Å². The number of hydrogen-bond donors (Lipinski definition) is 1. The van der Waals surface area contributed by atoms with Gasteiger partial charge in [-0.25, -0.2) is 13.4 Å². The van der Waals surface area contributed by atoms with Gasteiger partial charge in [0.2, 0.25) is 0 Å². The van der Waals surface area contributed by atoms with Gasteiger partial charge in [0.1, 0.15) is 0 Å². The normalized spacial score (nSPS) is 12.2. The van der Waals surface area contributed by atoms with E-state index in [4.69, 9.17) is 11.6 Å². The van der Waals surface area contributed by atoms with Gasteiger partial charge >= 0.3 is 0 Å². The molecule has 1 N–H and O–H groups in total. The van der Waals surface area contributed by atoms with E-state index in [0.29, 0.717) is 0 Å². The molecule has 0 saturated heterocycles. The molecule has 0 aliphatic heterocycles. The van der Waals surface area contributed by atoms with Crippen molar-refractivity contribution in [3.63, 3.8) is 0 Å². The fourth-order valence-corrected chi connectivity index (χ4v) is 2.21. The third-order valence-electron chi connectivity index (χ3n) is 1.56. The number of nitrogens with zero attached hydrogens (tertiary/aromatic N) is 2. The van der Waals surface area contributed by atoms with E-state index in [1.807, 2.05) is 0 Å². The second-order valence-corrected chi connectivity index (χ2v) is 4.82. The fourth-order valence-electron chi connectivity index (χ4n) is 0.791. The van der Waals surface area contributed by atoms with E-state index in [1.165, 1.54) is 23.9 Å². The summed E-state index contributed by atoms with van der Waals surface area (Å²) in [6.45, 7) is 0.281. The summed E-state index contributed by atoms with van der Waals surface area (Å²) < 4.78 is 24.3. The van der Waals surface area contributed by atoms with Gasteiger partial charge < -0.3 is 4.98 Å². The molecule has 1 heterocycles. The summed E-state index contributed by atoms with van der Waals surface area (Å²) in [5, 5.41) is 0.0834. The summed E-state index contributed by atoms with van der Waals surface area (Å²) in [6, 6.07) is 0. The Bertz CT molecular complexity index is 348. The van der Waals surface area contributed by atoms with Gasteiger partial charge in [-0.1, -0.05) is 0 Å². The van der Waals surface area contributed by atoms with Crippen LogP contribution in [-0.2, 0) is 10.0 Å². The molecule has 0 fully saturated rings. The molecule has 0 aromatic carbocycles. The highest BCUT2D eigenvalue weighted by molar-refractivity contribution is 7.89. The summed E-state index contributed by atoms with van der Waals surface area (Å²) in [6.07, 6.45) is 2.58. The topological polar surface area (TPSA) is 66.1 Å². The van der Waals surface area contributed by atoms with Gasteiger partial charge in [0.15, 0.2) is 5.03 Å². The van der Waals surface area contributed by atoms with E-state index in [0.717, 1.165) is 0 Å². The molecular formula is C6H10ClN3O2S. The lowest BCUT2D eigenvalue weighted by atomic mass is 10.8. The Morgan fingerprint density at radius 2 is 2.38 bits per heavy atom. The summed E-state index contributed by atoms with van der Waals surface area (Å²) in [5.41, 5.74) is 0. The first-order valence-corrected chi connectivity index (χ1v) is 5.57. The Morgan fingerprint density at radius 3 is 2.85 bits per heavy atom. The molecule has 0 saturated carbocycles. The molecule has 1 aromatic rings. The quantitative estimate of drug-likeness (QED) is 0.746. The molecule has 5 nitrogen and oxygen atoms in total. The van der Waals surface area contributed by atoms with Crippen molar-refractivity contribution in [3.8, 4) is 0 Å². The largest absolute Gasteiger partial charge is 0.335 e. The van der Waals surface area contributed by atoms with Crippen LogP contribution in [0.25, 0.3) is 0 Å². The SMILES string of the molecule is CN(CCCl)S(=O)(=O)c1cnc[nH]1. The Balaban J connectivity index is 2.90. The van der Waals surface area contributed by atoms with Crippen LogP contribution in [0.4, 0.5) is 0 Å². The fraction of sp³-hybridized carbons (Fsp3) is 0.500. The molecule has 0 bridgehead atoms. The van der Waals surface area contributed by atoms with Crippen molar-refractivity contribution in [1.29, 1.82) is 0 Å². The predicted octanol–water partition coefficient (Wildman–Crippen LogP) is 0.269. The van der Waals surface area contributed by atoms with E-state index >= 15 is 0 Å². The van der Waals surface area contributed by atoms with Crippen molar-refractivity contribution in [2.45, 2.75) is 5.03 Å². The van der Waals surface area contributed by atoms with Crippen molar-refractivity contribution >= 4 is 21.6 Å². The Morgan fingerprint density at radius 1 is 1.69 bits per heavy atom. The third-order valence-corrected chi connectivity index (χ3v) is 3.51. The Hall–Kier alpha value is -0.590. The van der Waals surface area contributed by atoms with E-state index < -0.39 is 10.0 Å². The third kappa shape index (κ3) is 2.20. The van der Waals surface area contributed by atoms with Gasteiger partial charge in [-0.05, 0) is 0 Å². The van der Waals surface area contributed by atoms with E-state index in [-0.39, 0.29) is 17.5 Å². The van der Waals surface area contributed by atoms with Gasteiger partial charge in [-0.15, -0.1) is 11.6 Å². The van der Waals surface area contributed by atoms with Crippen LogP contribution in [0.3, 0.4) is 0 Å². The minimum Gasteiger partial charge on any atom is -0.335 e. The van der Waals surface area contributed by atoms with Crippen LogP contribution < -0.4 is 0 Å². The maximum absolute atomic E-state index is 11.6. The number of H-pyrrole nitrogens is 1. The second-order valence-electron chi connectivity index (χ2n) is 2.43. The summed E-state index contributed by atoms with van der Waals surface area (Å²) in [7, 11) is -1.96. The molecule has 0 spiro atoms. The average Bonchev–Trinajstić information content (AvgIpc) is 2.56. The van der Waals surface area contributed by atoms with Gasteiger partial charge in [-0.2, -0.15) is 4.31 Å². The highest BCUT2D eigenvalue weighted by Gasteiger charge is 2.20. The standard InChI is InChI=1S/C6H10ClN3O2S/c1-10(3-2-7)13(11,12)6-4-8-5-9-6/h4-5H,2-3H2,1H3,(H,8,9). The minimum atomic E-state index is -3.43. The summed E-state index contributed by atoms with van der Waals surface area (Å²) in [5.74, 6) is 0.268. The van der Waals surface area contributed by atoms with E-state index in [9.17, 15) is 8.42 Å². The molecule has 0 unspecified atom stereocenters. The van der Waals surface area contributed by atoms with Crippen LogP contribution in [0.1, 0.15) is 0 Å². The van der Waals surface area contributed by atoms with Crippen molar-refractivity contribution in [3.05, 3.63) is 12.5 Å². The van der Waals surface area contributed by atoms with Crippen LogP contribution in [0.2, 0.25) is 0 Å².